The molecule has 158 valence electrons. The SMILES string of the molecule is COc1ccc(NC(=O)CN(C)C(O)c2cc(-c3ccco3)nc3ccccc23)cc1. The summed E-state index contributed by atoms with van der Waals surface area (Å²) in [6.45, 7) is -0.0000685. The van der Waals surface area contributed by atoms with Gasteiger partial charge >= 0.3 is 0 Å². The highest BCUT2D eigenvalue weighted by atomic mass is 16.5. The van der Waals surface area contributed by atoms with Crippen LogP contribution in [0.2, 0.25) is 0 Å². The van der Waals surface area contributed by atoms with Crippen molar-refractivity contribution in [3.8, 4) is 17.2 Å². The van der Waals surface area contributed by atoms with E-state index in [0.717, 1.165) is 10.9 Å². The van der Waals surface area contributed by atoms with Gasteiger partial charge < -0.3 is 19.6 Å². The van der Waals surface area contributed by atoms with Crippen LogP contribution in [0, 0.1) is 0 Å². The molecule has 7 nitrogen and oxygen atoms in total. The smallest absolute Gasteiger partial charge is 0.238 e. The molecule has 4 rings (SSSR count). The zero-order valence-electron chi connectivity index (χ0n) is 17.3. The molecule has 0 saturated heterocycles. The molecule has 2 N–H and O–H groups in total. The fraction of sp³-hybridized carbons (Fsp3) is 0.167. The van der Waals surface area contributed by atoms with Gasteiger partial charge in [-0.1, -0.05) is 18.2 Å². The first kappa shape index (κ1) is 20.6. The number of hydrogen-bond donors (Lipinski definition) is 2. The molecule has 0 radical (unpaired) electrons. The van der Waals surface area contributed by atoms with Crippen molar-refractivity contribution in [1.29, 1.82) is 0 Å². The second-order valence-electron chi connectivity index (χ2n) is 7.16. The first-order chi connectivity index (χ1) is 15.0. The molecule has 1 amide bonds. The summed E-state index contributed by atoms with van der Waals surface area (Å²) in [6, 6.07) is 20.0. The number of aromatic nitrogens is 1. The van der Waals surface area contributed by atoms with Gasteiger partial charge in [-0.3, -0.25) is 9.69 Å². The fourth-order valence-corrected chi connectivity index (χ4v) is 3.39. The standard InChI is InChI=1S/C24H23N3O4/c1-27(15-23(28)25-16-9-11-17(30-2)12-10-16)24(29)19-14-21(22-8-5-13-31-22)26-20-7-4-3-6-18(19)20/h3-14,24,29H,15H2,1-2H3,(H,25,28). The second kappa shape index (κ2) is 8.99. The Hall–Kier alpha value is -3.68. The number of fused-ring (bicyclic) bond motifs is 1. The highest BCUT2D eigenvalue weighted by molar-refractivity contribution is 5.92. The van der Waals surface area contributed by atoms with Gasteiger partial charge in [-0.05, 0) is 55.6 Å². The lowest BCUT2D eigenvalue weighted by Gasteiger charge is -2.24. The number of rotatable bonds is 7. The van der Waals surface area contributed by atoms with E-state index in [9.17, 15) is 9.90 Å². The minimum absolute atomic E-state index is 0.0000685. The molecule has 2 aromatic carbocycles. The summed E-state index contributed by atoms with van der Waals surface area (Å²) in [7, 11) is 3.28. The van der Waals surface area contributed by atoms with Gasteiger partial charge in [0.2, 0.25) is 5.91 Å². The van der Waals surface area contributed by atoms with Gasteiger partial charge in [0.05, 0.1) is 25.4 Å². The molecular formula is C24H23N3O4. The Bertz CT molecular complexity index is 1170. The molecule has 31 heavy (non-hydrogen) atoms. The molecule has 4 aromatic rings. The first-order valence-corrected chi connectivity index (χ1v) is 9.81. The van der Waals surface area contributed by atoms with Gasteiger partial charge in [0, 0.05) is 16.6 Å². The average molecular weight is 417 g/mol. The quantitative estimate of drug-likeness (QED) is 0.441. The van der Waals surface area contributed by atoms with E-state index in [1.54, 1.807) is 61.7 Å². The van der Waals surface area contributed by atoms with E-state index in [4.69, 9.17) is 9.15 Å². The third-order valence-corrected chi connectivity index (χ3v) is 4.98. The van der Waals surface area contributed by atoms with E-state index in [1.807, 2.05) is 30.3 Å². The van der Waals surface area contributed by atoms with Crippen molar-refractivity contribution >= 4 is 22.5 Å². The lowest BCUT2D eigenvalue weighted by Crippen LogP contribution is -2.33. The summed E-state index contributed by atoms with van der Waals surface area (Å²) in [5.74, 6) is 1.08. The minimum Gasteiger partial charge on any atom is -0.497 e. The molecule has 0 fully saturated rings. The van der Waals surface area contributed by atoms with Crippen molar-refractivity contribution in [3.05, 3.63) is 78.6 Å². The third-order valence-electron chi connectivity index (χ3n) is 4.98. The van der Waals surface area contributed by atoms with Crippen LogP contribution in [0.4, 0.5) is 5.69 Å². The number of ether oxygens (including phenoxy) is 1. The van der Waals surface area contributed by atoms with Crippen LogP contribution < -0.4 is 10.1 Å². The van der Waals surface area contributed by atoms with Crippen LogP contribution in [0.1, 0.15) is 11.8 Å². The lowest BCUT2D eigenvalue weighted by atomic mass is 10.0. The molecule has 0 bridgehead atoms. The Labute approximate surface area is 179 Å². The summed E-state index contributed by atoms with van der Waals surface area (Å²) < 4.78 is 10.6. The highest BCUT2D eigenvalue weighted by Crippen LogP contribution is 2.30. The van der Waals surface area contributed by atoms with Crippen molar-refractivity contribution in [3.63, 3.8) is 0 Å². The number of aliphatic hydroxyl groups excluding tert-OH is 1. The van der Waals surface area contributed by atoms with Crippen LogP contribution in [0.5, 0.6) is 5.75 Å². The second-order valence-corrected chi connectivity index (χ2v) is 7.16. The van der Waals surface area contributed by atoms with Crippen LogP contribution in [-0.4, -0.2) is 41.6 Å². The number of aliphatic hydroxyl groups is 1. The summed E-state index contributed by atoms with van der Waals surface area (Å²) in [4.78, 5) is 18.7. The van der Waals surface area contributed by atoms with Crippen molar-refractivity contribution in [1.82, 2.24) is 9.88 Å². The number of hydrogen-bond acceptors (Lipinski definition) is 6. The number of anilines is 1. The van der Waals surface area contributed by atoms with Crippen LogP contribution >= 0.6 is 0 Å². The molecule has 2 heterocycles. The molecular weight excluding hydrogens is 394 g/mol. The Kier molecular flexibility index (Phi) is 5.97. The maximum atomic E-state index is 12.5. The maximum Gasteiger partial charge on any atom is 0.238 e. The zero-order valence-corrected chi connectivity index (χ0v) is 17.3. The number of carbonyl (C=O) groups is 1. The van der Waals surface area contributed by atoms with Gasteiger partial charge in [-0.25, -0.2) is 4.98 Å². The molecule has 1 unspecified atom stereocenters. The van der Waals surface area contributed by atoms with Crippen molar-refractivity contribution in [2.75, 3.05) is 26.0 Å². The zero-order chi connectivity index (χ0) is 21.8. The van der Waals surface area contributed by atoms with E-state index in [0.29, 0.717) is 28.5 Å². The number of para-hydroxylation sites is 1. The molecule has 0 aliphatic carbocycles. The molecule has 1 atom stereocenters. The predicted octanol–water partition coefficient (Wildman–Crippen LogP) is 4.06. The molecule has 0 saturated carbocycles. The largest absolute Gasteiger partial charge is 0.497 e. The normalized spacial score (nSPS) is 12.1. The Morgan fingerprint density at radius 2 is 1.94 bits per heavy atom. The monoisotopic (exact) mass is 417 g/mol. The van der Waals surface area contributed by atoms with Crippen LogP contribution in [0.3, 0.4) is 0 Å². The molecule has 2 aromatic heterocycles. The average Bonchev–Trinajstić information content (AvgIpc) is 3.33. The van der Waals surface area contributed by atoms with Gasteiger partial charge in [0.25, 0.3) is 0 Å². The summed E-state index contributed by atoms with van der Waals surface area (Å²) in [5.41, 5.74) is 2.66. The number of nitrogens with one attached hydrogen (secondary N) is 1. The number of furan rings is 1. The topological polar surface area (TPSA) is 87.8 Å². The van der Waals surface area contributed by atoms with E-state index in [-0.39, 0.29) is 12.5 Å². The number of benzene rings is 2. The number of methoxy groups -OCH3 is 1. The van der Waals surface area contributed by atoms with Gasteiger partial charge in [-0.15, -0.1) is 0 Å². The number of carbonyl (C=O) groups excluding carboxylic acids is 1. The Morgan fingerprint density at radius 3 is 2.65 bits per heavy atom. The minimum atomic E-state index is -1.01. The number of likely N-dealkylation sites (N-methyl/N-ethyl adjacent to an activating group) is 1. The summed E-state index contributed by atoms with van der Waals surface area (Å²) >= 11 is 0. The van der Waals surface area contributed by atoms with Crippen LogP contribution in [0.15, 0.2) is 77.4 Å². The van der Waals surface area contributed by atoms with Crippen molar-refractivity contribution in [2.45, 2.75) is 6.23 Å². The number of nitrogens with zero attached hydrogens (tertiary/aromatic N) is 2. The van der Waals surface area contributed by atoms with Crippen LogP contribution in [-0.2, 0) is 4.79 Å². The molecule has 0 aliphatic heterocycles. The first-order valence-electron chi connectivity index (χ1n) is 9.81. The highest BCUT2D eigenvalue weighted by Gasteiger charge is 2.21. The molecule has 0 aliphatic rings. The summed E-state index contributed by atoms with van der Waals surface area (Å²) in [6.07, 6.45) is 0.570. The van der Waals surface area contributed by atoms with Gasteiger partial charge in [-0.2, -0.15) is 0 Å². The van der Waals surface area contributed by atoms with Crippen LogP contribution in [0.25, 0.3) is 22.4 Å². The summed E-state index contributed by atoms with van der Waals surface area (Å²) in [5, 5.41) is 14.7. The van der Waals surface area contributed by atoms with E-state index < -0.39 is 6.23 Å². The van der Waals surface area contributed by atoms with Gasteiger partial charge in [0.1, 0.15) is 17.7 Å². The van der Waals surface area contributed by atoms with E-state index >= 15 is 0 Å². The van der Waals surface area contributed by atoms with Crippen molar-refractivity contribution < 1.29 is 19.1 Å². The number of pyridine rings is 1. The van der Waals surface area contributed by atoms with E-state index in [1.165, 1.54) is 0 Å². The predicted molar refractivity (Wildman–Crippen MR) is 119 cm³/mol. The number of amides is 1. The third kappa shape index (κ3) is 4.58. The Balaban J connectivity index is 1.55. The maximum absolute atomic E-state index is 12.5. The van der Waals surface area contributed by atoms with Gasteiger partial charge in [0.15, 0.2) is 5.76 Å². The Morgan fingerprint density at radius 1 is 1.16 bits per heavy atom. The fourth-order valence-electron chi connectivity index (χ4n) is 3.39. The molecule has 0 spiro atoms. The van der Waals surface area contributed by atoms with E-state index in [2.05, 4.69) is 10.3 Å². The van der Waals surface area contributed by atoms with Crippen molar-refractivity contribution in [2.24, 2.45) is 0 Å². The lowest BCUT2D eigenvalue weighted by molar-refractivity contribution is -0.119. The molecule has 7 heteroatoms.